The van der Waals surface area contributed by atoms with E-state index < -0.39 is 0 Å². The molecule has 0 amide bonds. The lowest BCUT2D eigenvalue weighted by Gasteiger charge is -2.17. The van der Waals surface area contributed by atoms with Gasteiger partial charge in [0.1, 0.15) is 5.75 Å². The maximum Gasteiger partial charge on any atom is 0.153 e. The quantitative estimate of drug-likeness (QED) is 0.603. The third-order valence-corrected chi connectivity index (χ3v) is 3.75. The Morgan fingerprint density at radius 3 is 2.00 bits per heavy atom. The van der Waals surface area contributed by atoms with Crippen molar-refractivity contribution < 1.29 is 9.53 Å². The first-order chi connectivity index (χ1) is 11.3. The summed E-state index contributed by atoms with van der Waals surface area (Å²) in [5.41, 5.74) is 4.74. The minimum absolute atomic E-state index is 0.513. The summed E-state index contributed by atoms with van der Waals surface area (Å²) in [5, 5.41) is 0. The average Bonchev–Trinajstić information content (AvgIpc) is 2.63. The van der Waals surface area contributed by atoms with Crippen molar-refractivity contribution in [1.29, 1.82) is 0 Å². The van der Waals surface area contributed by atoms with E-state index in [0.717, 1.165) is 28.5 Å². The first kappa shape index (κ1) is 15.0. The van der Waals surface area contributed by atoms with Crippen LogP contribution in [0.1, 0.15) is 17.3 Å². The van der Waals surface area contributed by atoms with Crippen molar-refractivity contribution in [2.75, 3.05) is 6.61 Å². The third-order valence-electron chi connectivity index (χ3n) is 3.75. The maximum absolute atomic E-state index is 11.5. The van der Waals surface area contributed by atoms with Gasteiger partial charge in [-0.25, -0.2) is 0 Å². The second kappa shape index (κ2) is 6.93. The van der Waals surface area contributed by atoms with Gasteiger partial charge in [-0.3, -0.25) is 4.79 Å². The first-order valence-corrected chi connectivity index (χ1v) is 7.71. The molecule has 0 heterocycles. The number of carbonyl (C=O) groups excluding carboxylic acids is 1. The number of benzene rings is 3. The third kappa shape index (κ3) is 3.02. The summed E-state index contributed by atoms with van der Waals surface area (Å²) < 4.78 is 5.84. The largest absolute Gasteiger partial charge is 0.492 e. The number of rotatable bonds is 5. The summed E-state index contributed by atoms with van der Waals surface area (Å²) in [5.74, 6) is 0.648. The molecule has 0 unspecified atom stereocenters. The van der Waals surface area contributed by atoms with Gasteiger partial charge >= 0.3 is 0 Å². The van der Waals surface area contributed by atoms with Crippen LogP contribution in [0.3, 0.4) is 0 Å². The van der Waals surface area contributed by atoms with Crippen LogP contribution in [0.15, 0.2) is 72.8 Å². The smallest absolute Gasteiger partial charge is 0.153 e. The van der Waals surface area contributed by atoms with Gasteiger partial charge in [0.05, 0.1) is 12.2 Å². The highest BCUT2D eigenvalue weighted by Crippen LogP contribution is 2.41. The van der Waals surface area contributed by atoms with Crippen LogP contribution >= 0.6 is 0 Å². The fourth-order valence-corrected chi connectivity index (χ4v) is 2.74. The van der Waals surface area contributed by atoms with Gasteiger partial charge in [0, 0.05) is 5.56 Å². The van der Waals surface area contributed by atoms with Gasteiger partial charge in [-0.1, -0.05) is 66.7 Å². The topological polar surface area (TPSA) is 26.3 Å². The van der Waals surface area contributed by atoms with Crippen LogP contribution in [0, 0.1) is 0 Å². The normalized spacial score (nSPS) is 10.3. The van der Waals surface area contributed by atoms with Crippen molar-refractivity contribution >= 4 is 6.29 Å². The molecule has 3 aromatic carbocycles. The Kier molecular flexibility index (Phi) is 4.53. The number of carbonyl (C=O) groups is 1. The zero-order valence-corrected chi connectivity index (χ0v) is 13.0. The molecule has 0 bridgehead atoms. The van der Waals surface area contributed by atoms with Crippen LogP contribution in [-0.4, -0.2) is 12.9 Å². The molecule has 0 aliphatic carbocycles. The molecule has 114 valence electrons. The molecule has 0 aliphatic rings. The summed E-state index contributed by atoms with van der Waals surface area (Å²) in [6.07, 6.45) is 0.853. The lowest BCUT2D eigenvalue weighted by atomic mass is 9.92. The highest BCUT2D eigenvalue weighted by Gasteiger charge is 2.17. The number of aldehydes is 1. The Morgan fingerprint density at radius 2 is 1.43 bits per heavy atom. The standard InChI is InChI=1S/C21H18O2/c1-2-23-21-18(15-22)13-14-19(16-9-5-3-6-10-16)20(21)17-11-7-4-8-12-17/h3-15H,2H2,1H3. The van der Waals surface area contributed by atoms with Crippen molar-refractivity contribution in [3.63, 3.8) is 0 Å². The van der Waals surface area contributed by atoms with Gasteiger partial charge in [0.25, 0.3) is 0 Å². The Labute approximate surface area is 136 Å². The van der Waals surface area contributed by atoms with Gasteiger partial charge in [0.2, 0.25) is 0 Å². The molecule has 0 spiro atoms. The van der Waals surface area contributed by atoms with E-state index in [2.05, 4.69) is 12.1 Å². The van der Waals surface area contributed by atoms with Crippen LogP contribution < -0.4 is 4.74 Å². The maximum atomic E-state index is 11.5. The molecule has 3 rings (SSSR count). The summed E-state index contributed by atoms with van der Waals surface area (Å²) in [4.78, 5) is 11.5. The predicted molar refractivity (Wildman–Crippen MR) is 93.9 cm³/mol. The van der Waals surface area contributed by atoms with Crippen molar-refractivity contribution in [2.24, 2.45) is 0 Å². The van der Waals surface area contributed by atoms with E-state index in [9.17, 15) is 4.79 Å². The fourth-order valence-electron chi connectivity index (χ4n) is 2.74. The van der Waals surface area contributed by atoms with Crippen LogP contribution in [0.25, 0.3) is 22.3 Å². The molecule has 2 heteroatoms. The number of hydrogen-bond donors (Lipinski definition) is 0. The van der Waals surface area contributed by atoms with Crippen molar-refractivity contribution in [2.45, 2.75) is 6.92 Å². The summed E-state index contributed by atoms with van der Waals surface area (Å²) in [6, 6.07) is 24.0. The van der Waals surface area contributed by atoms with E-state index in [1.807, 2.05) is 67.6 Å². The van der Waals surface area contributed by atoms with Crippen LogP contribution in [0.5, 0.6) is 5.75 Å². The van der Waals surface area contributed by atoms with E-state index in [1.165, 1.54) is 0 Å². The van der Waals surface area contributed by atoms with Crippen LogP contribution in [-0.2, 0) is 0 Å². The van der Waals surface area contributed by atoms with Crippen molar-refractivity contribution in [3.8, 4) is 28.0 Å². The van der Waals surface area contributed by atoms with E-state index in [-0.39, 0.29) is 0 Å². The Morgan fingerprint density at radius 1 is 0.826 bits per heavy atom. The van der Waals surface area contributed by atoms with Crippen LogP contribution in [0.4, 0.5) is 0 Å². The molecule has 0 aromatic heterocycles. The lowest BCUT2D eigenvalue weighted by molar-refractivity contribution is 0.112. The molecule has 0 saturated heterocycles. The second-order valence-electron chi connectivity index (χ2n) is 5.19. The minimum atomic E-state index is 0.513. The van der Waals surface area contributed by atoms with E-state index in [1.54, 1.807) is 0 Å². The van der Waals surface area contributed by atoms with E-state index >= 15 is 0 Å². The summed E-state index contributed by atoms with van der Waals surface area (Å²) in [6.45, 7) is 2.44. The second-order valence-corrected chi connectivity index (χ2v) is 5.19. The number of ether oxygens (including phenoxy) is 1. The van der Waals surface area contributed by atoms with Gasteiger partial charge in [-0.05, 0) is 29.7 Å². The van der Waals surface area contributed by atoms with Gasteiger partial charge in [-0.2, -0.15) is 0 Å². The predicted octanol–water partition coefficient (Wildman–Crippen LogP) is 5.23. The lowest BCUT2D eigenvalue weighted by Crippen LogP contribution is -2.00. The van der Waals surface area contributed by atoms with Gasteiger partial charge < -0.3 is 4.74 Å². The molecular weight excluding hydrogens is 284 g/mol. The molecular formula is C21H18O2. The Hall–Kier alpha value is -2.87. The van der Waals surface area contributed by atoms with E-state index in [0.29, 0.717) is 17.9 Å². The summed E-state index contributed by atoms with van der Waals surface area (Å²) in [7, 11) is 0. The Balaban J connectivity index is 2.32. The molecule has 2 nitrogen and oxygen atoms in total. The minimum Gasteiger partial charge on any atom is -0.492 e. The molecule has 0 fully saturated rings. The zero-order chi connectivity index (χ0) is 16.1. The fraction of sp³-hybridized carbons (Fsp3) is 0.0952. The highest BCUT2D eigenvalue weighted by molar-refractivity contribution is 5.94. The molecule has 0 saturated carbocycles. The Bertz CT molecular complexity index is 793. The molecule has 23 heavy (non-hydrogen) atoms. The molecule has 0 atom stereocenters. The average molecular weight is 302 g/mol. The summed E-state index contributed by atoms with van der Waals surface area (Å²) >= 11 is 0. The van der Waals surface area contributed by atoms with Gasteiger partial charge in [-0.15, -0.1) is 0 Å². The SMILES string of the molecule is CCOc1c(C=O)ccc(-c2ccccc2)c1-c1ccccc1. The zero-order valence-electron chi connectivity index (χ0n) is 13.0. The van der Waals surface area contributed by atoms with Crippen molar-refractivity contribution in [1.82, 2.24) is 0 Å². The van der Waals surface area contributed by atoms with Crippen molar-refractivity contribution in [3.05, 3.63) is 78.4 Å². The first-order valence-electron chi connectivity index (χ1n) is 7.71. The molecule has 3 aromatic rings. The monoisotopic (exact) mass is 302 g/mol. The molecule has 0 aliphatic heterocycles. The van der Waals surface area contributed by atoms with Crippen LogP contribution in [0.2, 0.25) is 0 Å². The molecule has 0 radical (unpaired) electrons. The number of hydrogen-bond acceptors (Lipinski definition) is 2. The van der Waals surface area contributed by atoms with Gasteiger partial charge in [0.15, 0.2) is 6.29 Å². The van der Waals surface area contributed by atoms with E-state index in [4.69, 9.17) is 4.74 Å². The molecule has 0 N–H and O–H groups in total. The highest BCUT2D eigenvalue weighted by atomic mass is 16.5.